The normalized spacial score (nSPS) is 10.6. The van der Waals surface area contributed by atoms with Gasteiger partial charge in [-0.15, -0.1) is 0 Å². The number of rotatable bonds is 5. The van der Waals surface area contributed by atoms with Gasteiger partial charge in [-0.1, -0.05) is 11.6 Å². The molecule has 0 aliphatic heterocycles. The van der Waals surface area contributed by atoms with Crippen LogP contribution in [0.1, 0.15) is 0 Å². The zero-order valence-electron chi connectivity index (χ0n) is 14.7. The highest BCUT2D eigenvalue weighted by atomic mass is 35.5. The molecule has 0 aliphatic rings. The van der Waals surface area contributed by atoms with Crippen molar-refractivity contribution in [3.63, 3.8) is 0 Å². The lowest BCUT2D eigenvalue weighted by Gasteiger charge is -2.17. The Balaban J connectivity index is 2.26. The molecule has 1 aromatic heterocycles. The Kier molecular flexibility index (Phi) is 5.46. The van der Waals surface area contributed by atoms with Crippen LogP contribution >= 0.6 is 11.6 Å². The van der Waals surface area contributed by atoms with Crippen molar-refractivity contribution in [2.75, 3.05) is 24.7 Å². The first kappa shape index (κ1) is 19.6. The highest BCUT2D eigenvalue weighted by Crippen LogP contribution is 2.29. The molecule has 0 aliphatic carbocycles. The molecule has 10 heteroatoms. The van der Waals surface area contributed by atoms with E-state index in [1.54, 1.807) is 0 Å². The quantitative estimate of drug-likeness (QED) is 0.618. The van der Waals surface area contributed by atoms with Gasteiger partial charge in [0.1, 0.15) is 11.5 Å². The zero-order valence-corrected chi connectivity index (χ0v) is 15.4. The van der Waals surface area contributed by atoms with Crippen LogP contribution in [0.15, 0.2) is 41.2 Å². The molecule has 0 atom stereocenters. The molecule has 0 bridgehead atoms. The van der Waals surface area contributed by atoms with Gasteiger partial charge in [-0.25, -0.2) is 13.3 Å². The molecule has 146 valence electrons. The van der Waals surface area contributed by atoms with Crippen LogP contribution in [0.4, 0.5) is 24.7 Å². The molecule has 0 saturated heterocycles. The van der Waals surface area contributed by atoms with Gasteiger partial charge in [0.15, 0.2) is 17.4 Å². The third-order valence-corrected chi connectivity index (χ3v) is 4.04. The Morgan fingerprint density at radius 2 is 1.75 bits per heavy atom. The summed E-state index contributed by atoms with van der Waals surface area (Å²) in [6, 6.07) is 6.71. The van der Waals surface area contributed by atoms with Crippen LogP contribution in [-0.4, -0.2) is 23.6 Å². The maximum absolute atomic E-state index is 14.1. The number of hydrogen-bond donors (Lipinski definition) is 2. The maximum atomic E-state index is 14.1. The molecule has 1 heterocycles. The summed E-state index contributed by atoms with van der Waals surface area (Å²) in [5, 5.41) is 5.85. The van der Waals surface area contributed by atoms with Crippen LogP contribution in [-0.2, 0) is 0 Å². The first-order chi connectivity index (χ1) is 13.3. The average Bonchev–Trinajstić information content (AvgIpc) is 2.66. The monoisotopic (exact) mass is 410 g/mol. The van der Waals surface area contributed by atoms with Gasteiger partial charge in [0, 0.05) is 31.3 Å². The van der Waals surface area contributed by atoms with Gasteiger partial charge in [0.05, 0.1) is 5.69 Å². The Bertz CT molecular complexity index is 1090. The molecule has 2 aromatic carbocycles. The van der Waals surface area contributed by atoms with E-state index in [9.17, 15) is 18.0 Å². The van der Waals surface area contributed by atoms with Crippen LogP contribution in [0.3, 0.4) is 0 Å². The number of nitrogens with one attached hydrogen (secondary N) is 2. The van der Waals surface area contributed by atoms with Crippen molar-refractivity contribution < 1.29 is 17.9 Å². The van der Waals surface area contributed by atoms with Crippen LogP contribution < -0.4 is 20.9 Å². The molecule has 0 amide bonds. The third kappa shape index (κ3) is 3.61. The molecule has 0 radical (unpaired) electrons. The molecule has 3 rings (SSSR count). The van der Waals surface area contributed by atoms with Crippen LogP contribution in [0.5, 0.6) is 11.8 Å². The summed E-state index contributed by atoms with van der Waals surface area (Å²) in [7, 11) is 3.04. The number of anilines is 2. The van der Waals surface area contributed by atoms with Crippen LogP contribution in [0.2, 0.25) is 5.02 Å². The predicted molar refractivity (Wildman–Crippen MR) is 100 cm³/mol. The zero-order chi connectivity index (χ0) is 20.4. The first-order valence-corrected chi connectivity index (χ1v) is 8.34. The number of hydrogen-bond acceptors (Lipinski definition) is 5. The summed E-state index contributed by atoms with van der Waals surface area (Å²) in [5.41, 5.74) is -0.180. The van der Waals surface area contributed by atoms with E-state index in [-0.39, 0.29) is 11.5 Å². The van der Waals surface area contributed by atoms with E-state index in [2.05, 4.69) is 15.6 Å². The molecule has 28 heavy (non-hydrogen) atoms. The van der Waals surface area contributed by atoms with Crippen molar-refractivity contribution in [2.45, 2.75) is 0 Å². The van der Waals surface area contributed by atoms with Gasteiger partial charge in [-0.2, -0.15) is 9.37 Å². The van der Waals surface area contributed by atoms with E-state index in [1.165, 1.54) is 38.4 Å². The number of benzene rings is 2. The minimum atomic E-state index is -1.43. The minimum Gasteiger partial charge on any atom is -0.422 e. The predicted octanol–water partition coefficient (Wildman–Crippen LogP) is 4.18. The van der Waals surface area contributed by atoms with Crippen LogP contribution in [0, 0.1) is 17.5 Å². The maximum Gasteiger partial charge on any atom is 0.311 e. The topological polar surface area (TPSA) is 68.2 Å². The third-order valence-electron chi connectivity index (χ3n) is 3.78. The molecule has 0 saturated carbocycles. The van der Waals surface area contributed by atoms with E-state index < -0.39 is 34.8 Å². The summed E-state index contributed by atoms with van der Waals surface area (Å²) in [6.45, 7) is 0. The Morgan fingerprint density at radius 3 is 2.36 bits per heavy atom. The number of ether oxygens (including phenoxy) is 1. The van der Waals surface area contributed by atoms with Crippen molar-refractivity contribution in [2.24, 2.45) is 0 Å². The van der Waals surface area contributed by atoms with Gasteiger partial charge in [-0.05, 0) is 24.3 Å². The van der Waals surface area contributed by atoms with Gasteiger partial charge < -0.3 is 15.4 Å². The Labute approximate surface area is 162 Å². The molecule has 0 fully saturated rings. The molecule has 2 N–H and O–H groups in total. The SMILES string of the molecule is CNc1nc(Oc2cc(F)cc(F)c2F)n(-c2ccc(Cl)cc2)c(=O)c1NC. The molecule has 0 unspecified atom stereocenters. The highest BCUT2D eigenvalue weighted by molar-refractivity contribution is 6.30. The van der Waals surface area contributed by atoms with Crippen molar-refractivity contribution in [3.05, 3.63) is 69.2 Å². The second-order valence-corrected chi connectivity index (χ2v) is 5.97. The molecular formula is C18H14ClF3N4O2. The lowest BCUT2D eigenvalue weighted by molar-refractivity contribution is 0.377. The fourth-order valence-electron chi connectivity index (χ4n) is 2.50. The standard InChI is InChI=1S/C18H14ClF3N4O2/c1-23-15-16(24-2)25-18(28-13-8-10(20)7-12(21)14(13)22)26(17(15)27)11-5-3-9(19)4-6-11/h3-8,23-24H,1-2H3. The fraction of sp³-hybridized carbons (Fsp3) is 0.111. The van der Waals surface area contributed by atoms with Crippen molar-refractivity contribution in [1.82, 2.24) is 9.55 Å². The van der Waals surface area contributed by atoms with E-state index in [0.29, 0.717) is 22.8 Å². The largest absolute Gasteiger partial charge is 0.422 e. The van der Waals surface area contributed by atoms with E-state index in [1.807, 2.05) is 0 Å². The van der Waals surface area contributed by atoms with Crippen LogP contribution in [0.25, 0.3) is 5.69 Å². The summed E-state index contributed by atoms with van der Waals surface area (Å²) in [4.78, 5) is 17.1. The van der Waals surface area contributed by atoms with Gasteiger partial charge in [0.25, 0.3) is 5.56 Å². The Hall–Kier alpha value is -3.20. The summed E-state index contributed by atoms with van der Waals surface area (Å²) in [5.74, 6) is -4.55. The summed E-state index contributed by atoms with van der Waals surface area (Å²) < 4.78 is 47.4. The fourth-order valence-corrected chi connectivity index (χ4v) is 2.63. The summed E-state index contributed by atoms with van der Waals surface area (Å²) >= 11 is 5.88. The lowest BCUT2D eigenvalue weighted by Crippen LogP contribution is -2.25. The molecular weight excluding hydrogens is 397 g/mol. The Morgan fingerprint density at radius 1 is 1.07 bits per heavy atom. The van der Waals surface area contributed by atoms with E-state index in [0.717, 1.165) is 4.57 Å². The minimum absolute atomic E-state index is 0.102. The molecule has 0 spiro atoms. The van der Waals surface area contributed by atoms with Gasteiger partial charge in [-0.3, -0.25) is 4.79 Å². The summed E-state index contributed by atoms with van der Waals surface area (Å²) in [6.07, 6.45) is 0. The van der Waals surface area contributed by atoms with E-state index in [4.69, 9.17) is 16.3 Å². The lowest BCUT2D eigenvalue weighted by atomic mass is 10.3. The van der Waals surface area contributed by atoms with Crippen molar-refractivity contribution in [3.8, 4) is 17.4 Å². The van der Waals surface area contributed by atoms with Crippen molar-refractivity contribution in [1.29, 1.82) is 0 Å². The number of nitrogens with zero attached hydrogens (tertiary/aromatic N) is 2. The second-order valence-electron chi connectivity index (χ2n) is 5.54. The van der Waals surface area contributed by atoms with Gasteiger partial charge in [0.2, 0.25) is 5.82 Å². The smallest absolute Gasteiger partial charge is 0.311 e. The average molecular weight is 411 g/mol. The van der Waals surface area contributed by atoms with Crippen molar-refractivity contribution >= 4 is 23.1 Å². The number of aromatic nitrogens is 2. The second kappa shape index (κ2) is 7.81. The van der Waals surface area contributed by atoms with Gasteiger partial charge >= 0.3 is 6.01 Å². The van der Waals surface area contributed by atoms with E-state index >= 15 is 0 Å². The molecule has 3 aromatic rings. The first-order valence-electron chi connectivity index (χ1n) is 7.96. The molecule has 6 nitrogen and oxygen atoms in total. The highest BCUT2D eigenvalue weighted by Gasteiger charge is 2.21. The number of halogens is 4.